The Morgan fingerprint density at radius 3 is 3.00 bits per heavy atom. The van der Waals surface area contributed by atoms with E-state index in [1.165, 1.54) is 12.8 Å². The highest BCUT2D eigenvalue weighted by Gasteiger charge is 2.14. The quantitative estimate of drug-likeness (QED) is 0.920. The van der Waals surface area contributed by atoms with E-state index in [1.807, 2.05) is 17.5 Å². The van der Waals surface area contributed by atoms with E-state index >= 15 is 0 Å². The van der Waals surface area contributed by atoms with Gasteiger partial charge in [0.1, 0.15) is 5.82 Å². The van der Waals surface area contributed by atoms with Gasteiger partial charge in [-0.3, -0.25) is 0 Å². The van der Waals surface area contributed by atoms with E-state index < -0.39 is 0 Å². The van der Waals surface area contributed by atoms with Crippen LogP contribution in [0, 0.1) is 12.8 Å². The standard InChI is InChI=1S/C17H26N4O/c1-12(2)15-10-16(21-17(19-15)9-13(3)20-21)18-7-6-14-5-4-8-22-11-14/h9-10,12,14,18H,4-8,11H2,1-3H3. The van der Waals surface area contributed by atoms with Crippen molar-refractivity contribution in [2.45, 2.75) is 46.0 Å². The Labute approximate surface area is 132 Å². The molecule has 5 nitrogen and oxygen atoms in total. The summed E-state index contributed by atoms with van der Waals surface area (Å²) in [5.74, 6) is 2.13. The van der Waals surface area contributed by atoms with Crippen molar-refractivity contribution in [3.63, 3.8) is 0 Å². The van der Waals surface area contributed by atoms with Gasteiger partial charge in [-0.15, -0.1) is 0 Å². The van der Waals surface area contributed by atoms with Crippen LogP contribution >= 0.6 is 0 Å². The first kappa shape index (κ1) is 15.3. The predicted octanol–water partition coefficient (Wildman–Crippen LogP) is 3.39. The Morgan fingerprint density at radius 1 is 1.41 bits per heavy atom. The zero-order chi connectivity index (χ0) is 15.5. The topological polar surface area (TPSA) is 51.5 Å². The average molecular weight is 302 g/mol. The molecule has 1 aliphatic heterocycles. The number of fused-ring (bicyclic) bond motifs is 1. The van der Waals surface area contributed by atoms with Crippen LogP contribution in [-0.2, 0) is 4.74 Å². The molecule has 0 saturated carbocycles. The number of nitrogens with zero attached hydrogens (tertiary/aromatic N) is 3. The third-order valence-electron chi connectivity index (χ3n) is 4.27. The Kier molecular flexibility index (Phi) is 4.62. The van der Waals surface area contributed by atoms with Crippen molar-refractivity contribution in [2.75, 3.05) is 25.1 Å². The molecule has 3 heterocycles. The van der Waals surface area contributed by atoms with Gasteiger partial charge in [0.25, 0.3) is 0 Å². The van der Waals surface area contributed by atoms with Gasteiger partial charge >= 0.3 is 0 Å². The first-order valence-corrected chi connectivity index (χ1v) is 8.32. The van der Waals surface area contributed by atoms with Crippen LogP contribution in [0.4, 0.5) is 5.82 Å². The number of nitrogens with one attached hydrogen (secondary N) is 1. The van der Waals surface area contributed by atoms with Crippen LogP contribution in [0.1, 0.15) is 50.4 Å². The number of aromatic nitrogens is 3. The molecule has 120 valence electrons. The molecule has 3 rings (SSSR count). The Balaban J connectivity index is 1.73. The molecule has 0 spiro atoms. The van der Waals surface area contributed by atoms with Crippen LogP contribution in [0.25, 0.3) is 5.65 Å². The first-order chi connectivity index (χ1) is 10.6. The zero-order valence-electron chi connectivity index (χ0n) is 13.8. The summed E-state index contributed by atoms with van der Waals surface area (Å²) >= 11 is 0. The average Bonchev–Trinajstić information content (AvgIpc) is 2.88. The predicted molar refractivity (Wildman–Crippen MR) is 88.5 cm³/mol. The second kappa shape index (κ2) is 6.65. The summed E-state index contributed by atoms with van der Waals surface area (Å²) in [4.78, 5) is 4.69. The molecule has 2 aromatic heterocycles. The fraction of sp³-hybridized carbons (Fsp3) is 0.647. The highest BCUT2D eigenvalue weighted by atomic mass is 16.5. The van der Waals surface area contributed by atoms with Crippen LogP contribution < -0.4 is 5.32 Å². The maximum Gasteiger partial charge on any atom is 0.157 e. The Hall–Kier alpha value is -1.62. The SMILES string of the molecule is Cc1cc2nc(C(C)C)cc(NCCC3CCCOC3)n2n1. The van der Waals surface area contributed by atoms with Gasteiger partial charge in [-0.2, -0.15) is 9.61 Å². The molecular formula is C17H26N4O. The molecule has 0 bridgehead atoms. The van der Waals surface area contributed by atoms with E-state index in [0.717, 1.165) is 49.0 Å². The molecule has 0 aromatic carbocycles. The maximum absolute atomic E-state index is 5.55. The van der Waals surface area contributed by atoms with Crippen molar-refractivity contribution in [1.29, 1.82) is 0 Å². The second-order valence-electron chi connectivity index (χ2n) is 6.58. The summed E-state index contributed by atoms with van der Waals surface area (Å²) in [5, 5.41) is 8.09. The van der Waals surface area contributed by atoms with E-state index in [1.54, 1.807) is 0 Å². The molecule has 1 saturated heterocycles. The molecule has 1 N–H and O–H groups in total. The molecule has 1 unspecified atom stereocenters. The number of hydrogen-bond donors (Lipinski definition) is 1. The maximum atomic E-state index is 5.55. The minimum atomic E-state index is 0.410. The zero-order valence-corrected chi connectivity index (χ0v) is 13.8. The summed E-state index contributed by atoms with van der Waals surface area (Å²) < 4.78 is 7.47. The Morgan fingerprint density at radius 2 is 2.27 bits per heavy atom. The molecule has 1 aliphatic rings. The van der Waals surface area contributed by atoms with Crippen molar-refractivity contribution >= 4 is 11.5 Å². The van der Waals surface area contributed by atoms with E-state index in [0.29, 0.717) is 11.8 Å². The summed E-state index contributed by atoms with van der Waals surface area (Å²) in [7, 11) is 0. The molecule has 5 heteroatoms. The lowest BCUT2D eigenvalue weighted by atomic mass is 9.99. The van der Waals surface area contributed by atoms with E-state index in [2.05, 4.69) is 30.3 Å². The fourth-order valence-corrected chi connectivity index (χ4v) is 2.97. The van der Waals surface area contributed by atoms with Gasteiger partial charge in [0.2, 0.25) is 0 Å². The molecule has 1 fully saturated rings. The minimum Gasteiger partial charge on any atom is -0.381 e. The van der Waals surface area contributed by atoms with Crippen molar-refractivity contribution in [2.24, 2.45) is 5.92 Å². The van der Waals surface area contributed by atoms with Crippen molar-refractivity contribution < 1.29 is 4.74 Å². The molecule has 0 amide bonds. The van der Waals surface area contributed by atoms with Crippen molar-refractivity contribution in [3.8, 4) is 0 Å². The van der Waals surface area contributed by atoms with Gasteiger partial charge in [-0.05, 0) is 38.0 Å². The van der Waals surface area contributed by atoms with Gasteiger partial charge in [-0.25, -0.2) is 4.98 Å². The lowest BCUT2D eigenvalue weighted by molar-refractivity contribution is 0.0530. The summed E-state index contributed by atoms with van der Waals surface area (Å²) in [6.45, 7) is 9.14. The molecule has 2 aromatic rings. The van der Waals surface area contributed by atoms with Gasteiger partial charge in [0.05, 0.1) is 5.69 Å². The molecule has 0 aliphatic carbocycles. The normalized spacial score (nSPS) is 19.0. The minimum absolute atomic E-state index is 0.410. The van der Waals surface area contributed by atoms with E-state index in [-0.39, 0.29) is 0 Å². The van der Waals surface area contributed by atoms with Crippen LogP contribution in [0.5, 0.6) is 0 Å². The lowest BCUT2D eigenvalue weighted by Gasteiger charge is -2.22. The van der Waals surface area contributed by atoms with Crippen LogP contribution in [-0.4, -0.2) is 34.4 Å². The van der Waals surface area contributed by atoms with Crippen molar-refractivity contribution in [1.82, 2.24) is 14.6 Å². The summed E-state index contributed by atoms with van der Waals surface area (Å²) in [5.41, 5.74) is 3.03. The number of rotatable bonds is 5. The lowest BCUT2D eigenvalue weighted by Crippen LogP contribution is -2.20. The van der Waals surface area contributed by atoms with Crippen LogP contribution in [0.2, 0.25) is 0 Å². The Bertz CT molecular complexity index is 629. The summed E-state index contributed by atoms with van der Waals surface area (Å²) in [6, 6.07) is 4.16. The third kappa shape index (κ3) is 3.40. The molecular weight excluding hydrogens is 276 g/mol. The van der Waals surface area contributed by atoms with Crippen LogP contribution in [0.15, 0.2) is 12.1 Å². The number of hydrogen-bond acceptors (Lipinski definition) is 4. The highest BCUT2D eigenvalue weighted by Crippen LogP contribution is 2.21. The van der Waals surface area contributed by atoms with Crippen LogP contribution in [0.3, 0.4) is 0 Å². The summed E-state index contributed by atoms with van der Waals surface area (Å²) in [6.07, 6.45) is 3.62. The van der Waals surface area contributed by atoms with Gasteiger partial charge in [0, 0.05) is 37.6 Å². The third-order valence-corrected chi connectivity index (χ3v) is 4.27. The first-order valence-electron chi connectivity index (χ1n) is 8.32. The number of anilines is 1. The van der Waals surface area contributed by atoms with Gasteiger partial charge in [0.15, 0.2) is 5.65 Å². The van der Waals surface area contributed by atoms with E-state index in [4.69, 9.17) is 9.72 Å². The largest absolute Gasteiger partial charge is 0.381 e. The second-order valence-corrected chi connectivity index (χ2v) is 6.58. The smallest absolute Gasteiger partial charge is 0.157 e. The molecule has 1 atom stereocenters. The monoisotopic (exact) mass is 302 g/mol. The number of ether oxygens (including phenoxy) is 1. The molecule has 22 heavy (non-hydrogen) atoms. The van der Waals surface area contributed by atoms with Crippen molar-refractivity contribution in [3.05, 3.63) is 23.5 Å². The fourth-order valence-electron chi connectivity index (χ4n) is 2.97. The van der Waals surface area contributed by atoms with Gasteiger partial charge in [-0.1, -0.05) is 13.8 Å². The van der Waals surface area contributed by atoms with Gasteiger partial charge < -0.3 is 10.1 Å². The van der Waals surface area contributed by atoms with E-state index in [9.17, 15) is 0 Å². The highest BCUT2D eigenvalue weighted by molar-refractivity contribution is 5.50. The number of aryl methyl sites for hydroxylation is 1. The molecule has 0 radical (unpaired) electrons.